The molecular formula is C43H55O10S-. The van der Waals surface area contributed by atoms with E-state index in [0.717, 1.165) is 61.3 Å². The number of hydrogen-bond donors (Lipinski definition) is 2. The fourth-order valence-corrected chi connectivity index (χ4v) is 9.17. The molecule has 3 aliphatic rings. The molecule has 0 radical (unpaired) electrons. The van der Waals surface area contributed by atoms with Gasteiger partial charge in [0, 0.05) is 16.7 Å². The van der Waals surface area contributed by atoms with E-state index in [0.29, 0.717) is 11.5 Å². The van der Waals surface area contributed by atoms with Gasteiger partial charge in [0.05, 0.1) is 5.41 Å². The Labute approximate surface area is 321 Å². The Morgan fingerprint density at radius 1 is 0.944 bits per heavy atom. The van der Waals surface area contributed by atoms with Crippen LogP contribution in [0.2, 0.25) is 0 Å². The second-order valence-electron chi connectivity index (χ2n) is 16.0. The molecule has 0 aliphatic heterocycles. The summed E-state index contributed by atoms with van der Waals surface area (Å²) in [5.41, 5.74) is 3.12. The van der Waals surface area contributed by atoms with Crippen LogP contribution in [0.25, 0.3) is 0 Å². The van der Waals surface area contributed by atoms with Gasteiger partial charge in [-0.2, -0.15) is 0 Å². The summed E-state index contributed by atoms with van der Waals surface area (Å²) < 4.78 is 45.4. The largest absolute Gasteiger partial charge is 0.772 e. The molecule has 1 fully saturated rings. The topological polar surface area (TPSA) is 152 Å². The van der Waals surface area contributed by atoms with Crippen molar-refractivity contribution in [3.8, 4) is 11.5 Å². The average molecular weight is 764 g/mol. The van der Waals surface area contributed by atoms with Gasteiger partial charge in [-0.05, 0) is 115 Å². The first-order valence-electron chi connectivity index (χ1n) is 18.9. The molecule has 5 rings (SSSR count). The lowest BCUT2D eigenvalue weighted by Gasteiger charge is -2.57. The first kappa shape index (κ1) is 41.4. The molecule has 0 spiro atoms. The number of fused-ring (bicyclic) bond motifs is 3. The number of allylic oxidation sites excluding steroid dienone is 3. The maximum atomic E-state index is 13.7. The normalized spacial score (nSPS) is 26.0. The number of rotatable bonds is 16. The first-order chi connectivity index (χ1) is 25.6. The number of aliphatic hydroxyl groups excluding tert-OH is 2. The van der Waals surface area contributed by atoms with Crippen molar-refractivity contribution in [3.05, 3.63) is 95.6 Å². The summed E-state index contributed by atoms with van der Waals surface area (Å²) in [5.74, 6) is 0.630. The van der Waals surface area contributed by atoms with Crippen LogP contribution in [0.3, 0.4) is 0 Å². The zero-order valence-corrected chi connectivity index (χ0v) is 32.9. The molecule has 0 saturated heterocycles. The molecule has 0 amide bonds. The molecule has 0 bridgehead atoms. The molecule has 3 aliphatic carbocycles. The lowest BCUT2D eigenvalue weighted by atomic mass is 9.47. The Bertz CT molecular complexity index is 1730. The summed E-state index contributed by atoms with van der Waals surface area (Å²) in [4.78, 5) is 24.9. The van der Waals surface area contributed by atoms with E-state index in [1.54, 1.807) is 6.92 Å². The molecule has 2 aromatic carbocycles. The van der Waals surface area contributed by atoms with Crippen LogP contribution in [0.5, 0.6) is 11.5 Å². The Kier molecular flexibility index (Phi) is 13.3. The number of aliphatic hydroxyl groups is 2. The second kappa shape index (κ2) is 17.4. The quantitative estimate of drug-likeness (QED) is 0.110. The van der Waals surface area contributed by atoms with Gasteiger partial charge in [0.25, 0.3) is 0 Å². The molecule has 8 atom stereocenters. The van der Waals surface area contributed by atoms with Crippen LogP contribution < -0.4 is 9.47 Å². The molecule has 10 nitrogen and oxygen atoms in total. The van der Waals surface area contributed by atoms with Crippen molar-refractivity contribution >= 4 is 23.0 Å². The lowest BCUT2D eigenvalue weighted by molar-refractivity contribution is -0.172. The van der Waals surface area contributed by atoms with Gasteiger partial charge in [-0.3, -0.25) is 9.00 Å². The monoisotopic (exact) mass is 763 g/mol. The number of carbonyl (C=O) groups excluding carboxylic acids is 2. The van der Waals surface area contributed by atoms with E-state index >= 15 is 0 Å². The zero-order valence-electron chi connectivity index (χ0n) is 32.1. The van der Waals surface area contributed by atoms with Crippen molar-refractivity contribution in [2.75, 3.05) is 26.4 Å². The predicted molar refractivity (Wildman–Crippen MR) is 206 cm³/mol. The van der Waals surface area contributed by atoms with Crippen molar-refractivity contribution in [2.45, 2.75) is 96.0 Å². The maximum absolute atomic E-state index is 13.7. The van der Waals surface area contributed by atoms with Crippen LogP contribution in [0.4, 0.5) is 0 Å². The number of carbonyl (C=O) groups is 2. The SMILES string of the molecule is C=CC(=O)OCC(O)COc1ccc(C(C)(C)c2ccc(OCC(O)COC(=O)C3(C)CCCC4(C)C5CCC(C(C)S(=O)[O-])=CC5=CCC34)cc2)cc1. The van der Waals surface area contributed by atoms with Crippen molar-refractivity contribution in [2.24, 2.45) is 22.7 Å². The van der Waals surface area contributed by atoms with Crippen molar-refractivity contribution in [1.82, 2.24) is 0 Å². The minimum absolute atomic E-state index is 0.0263. The Morgan fingerprint density at radius 3 is 2.04 bits per heavy atom. The third kappa shape index (κ3) is 9.18. The van der Waals surface area contributed by atoms with Crippen LogP contribution in [0.1, 0.15) is 84.3 Å². The van der Waals surface area contributed by atoms with Gasteiger partial charge in [-0.1, -0.05) is 75.8 Å². The second-order valence-corrected chi connectivity index (χ2v) is 17.2. The van der Waals surface area contributed by atoms with Crippen LogP contribution in [0, 0.1) is 22.7 Å². The van der Waals surface area contributed by atoms with Gasteiger partial charge >= 0.3 is 11.9 Å². The number of benzene rings is 2. The molecule has 0 heterocycles. The summed E-state index contributed by atoms with van der Waals surface area (Å²) in [6.07, 6.45) is 8.36. The van der Waals surface area contributed by atoms with Crippen molar-refractivity contribution in [1.29, 1.82) is 0 Å². The molecular weight excluding hydrogens is 709 g/mol. The zero-order chi connectivity index (χ0) is 39.3. The third-order valence-electron chi connectivity index (χ3n) is 12.1. The maximum Gasteiger partial charge on any atom is 0.330 e. The Morgan fingerprint density at radius 2 is 1.50 bits per heavy atom. The van der Waals surface area contributed by atoms with Crippen LogP contribution in [-0.4, -0.2) is 74.8 Å². The highest BCUT2D eigenvalue weighted by Crippen LogP contribution is 2.62. The van der Waals surface area contributed by atoms with Gasteiger partial charge in [0.2, 0.25) is 0 Å². The van der Waals surface area contributed by atoms with E-state index in [1.165, 1.54) is 5.57 Å². The molecule has 1 saturated carbocycles. The van der Waals surface area contributed by atoms with Crippen LogP contribution >= 0.6 is 0 Å². The van der Waals surface area contributed by atoms with E-state index < -0.39 is 39.9 Å². The molecule has 294 valence electrons. The summed E-state index contributed by atoms with van der Waals surface area (Å²) in [6.45, 7) is 13.2. The summed E-state index contributed by atoms with van der Waals surface area (Å²) in [6, 6.07) is 15.2. The van der Waals surface area contributed by atoms with E-state index in [2.05, 4.69) is 39.5 Å². The van der Waals surface area contributed by atoms with Gasteiger partial charge in [-0.15, -0.1) is 0 Å². The first-order valence-corrected chi connectivity index (χ1v) is 20.0. The molecule has 54 heavy (non-hydrogen) atoms. The van der Waals surface area contributed by atoms with Crippen LogP contribution in [0.15, 0.2) is 84.5 Å². The smallest absolute Gasteiger partial charge is 0.330 e. The molecule has 11 heteroatoms. The minimum Gasteiger partial charge on any atom is -0.772 e. The standard InChI is InChI=1S/C43H56O10S/c1-7-39(46)52-26-33(44)24-50-35-15-11-31(12-16-35)41(3,4)32-13-17-36(18-14-32)51-25-34(45)27-53-40(47)43(6)22-8-21-42(5)37-19-9-29(28(2)54(48)49)23-30(37)10-20-38(42)43/h7,10-18,23,28,33-34,37-38,44-45H,1,8-9,19-22,24-27H2,2-6H3,(H,48,49)/p-1. The third-order valence-corrected chi connectivity index (χ3v) is 13.0. The molecule has 2 aromatic rings. The summed E-state index contributed by atoms with van der Waals surface area (Å²) >= 11 is -2.15. The van der Waals surface area contributed by atoms with Gasteiger partial charge in [0.1, 0.15) is 50.1 Å². The number of hydrogen-bond acceptors (Lipinski definition) is 10. The van der Waals surface area contributed by atoms with Gasteiger partial charge < -0.3 is 33.7 Å². The molecule has 0 aromatic heterocycles. The van der Waals surface area contributed by atoms with Crippen molar-refractivity contribution < 1.29 is 47.5 Å². The average Bonchev–Trinajstić information content (AvgIpc) is 3.16. The molecule has 2 N–H and O–H groups in total. The minimum atomic E-state index is -2.15. The van der Waals surface area contributed by atoms with Crippen molar-refractivity contribution in [3.63, 3.8) is 0 Å². The van der Waals surface area contributed by atoms with E-state index in [9.17, 15) is 28.6 Å². The Hall–Kier alpha value is -3.77. The van der Waals surface area contributed by atoms with E-state index in [4.69, 9.17) is 18.9 Å². The van der Waals surface area contributed by atoms with E-state index in [-0.39, 0.29) is 55.1 Å². The highest BCUT2D eigenvalue weighted by atomic mass is 32.2. The fourth-order valence-electron chi connectivity index (χ4n) is 8.74. The summed E-state index contributed by atoms with van der Waals surface area (Å²) in [5, 5.41) is 20.3. The fraction of sp³-hybridized carbons (Fsp3) is 0.535. The predicted octanol–water partition coefficient (Wildman–Crippen LogP) is 6.51. The number of ether oxygens (including phenoxy) is 4. The molecule has 8 unspecified atom stereocenters. The highest BCUT2D eigenvalue weighted by Gasteiger charge is 2.57. The Balaban J connectivity index is 1.11. The highest BCUT2D eigenvalue weighted by molar-refractivity contribution is 7.80. The summed E-state index contributed by atoms with van der Waals surface area (Å²) in [7, 11) is 0. The lowest BCUT2D eigenvalue weighted by Crippen LogP contribution is -2.53. The van der Waals surface area contributed by atoms with Gasteiger partial charge in [0.15, 0.2) is 0 Å². The van der Waals surface area contributed by atoms with E-state index in [1.807, 2.05) is 55.5 Å². The van der Waals surface area contributed by atoms with Crippen LogP contribution in [-0.2, 0) is 35.6 Å². The number of esters is 2. The van der Waals surface area contributed by atoms with Gasteiger partial charge in [-0.25, -0.2) is 4.79 Å².